The Kier molecular flexibility index (Phi) is 8.21. The maximum absolute atomic E-state index is 12.0. The molecule has 2 amide bonds. The van der Waals surface area contributed by atoms with E-state index in [4.69, 9.17) is 15.1 Å². The molecule has 0 saturated heterocycles. The van der Waals surface area contributed by atoms with Gasteiger partial charge in [-0.1, -0.05) is 32.1 Å². The van der Waals surface area contributed by atoms with Crippen LogP contribution in [0.15, 0.2) is 0 Å². The highest BCUT2D eigenvalue weighted by atomic mass is 16.6. The van der Waals surface area contributed by atoms with E-state index >= 15 is 0 Å². The molecule has 3 N–H and O–H groups in total. The van der Waals surface area contributed by atoms with Crippen molar-refractivity contribution in [3.63, 3.8) is 0 Å². The van der Waals surface area contributed by atoms with Crippen LogP contribution in [0.2, 0.25) is 0 Å². The van der Waals surface area contributed by atoms with Gasteiger partial charge in [-0.05, 0) is 12.3 Å². The van der Waals surface area contributed by atoms with Gasteiger partial charge in [0.05, 0.1) is 12.7 Å². The highest BCUT2D eigenvalue weighted by Crippen LogP contribution is 2.28. The molecule has 0 radical (unpaired) electrons. The van der Waals surface area contributed by atoms with Crippen LogP contribution in [0.5, 0.6) is 0 Å². The molecule has 1 fully saturated rings. The number of carbonyl (C=O) groups excluding carboxylic acids is 2. The van der Waals surface area contributed by atoms with Gasteiger partial charge in [-0.2, -0.15) is 5.26 Å². The standard InChI is InChI=1S/C14H23N3O4/c15-6-7-16-13(19)12(21-14(20)17-8-9-18)10-11-4-2-1-3-5-11/h11-12,18H,1-5,7-10H2,(H,16,19)(H,17,20)/t12-/m0/s1. The van der Waals surface area contributed by atoms with Crippen molar-refractivity contribution in [2.75, 3.05) is 19.7 Å². The van der Waals surface area contributed by atoms with Crippen molar-refractivity contribution in [1.29, 1.82) is 5.26 Å². The van der Waals surface area contributed by atoms with Crippen molar-refractivity contribution >= 4 is 12.0 Å². The van der Waals surface area contributed by atoms with Crippen LogP contribution in [0, 0.1) is 17.2 Å². The van der Waals surface area contributed by atoms with Crippen LogP contribution in [0.4, 0.5) is 4.79 Å². The maximum Gasteiger partial charge on any atom is 0.408 e. The van der Waals surface area contributed by atoms with Crippen LogP contribution >= 0.6 is 0 Å². The summed E-state index contributed by atoms with van der Waals surface area (Å²) in [7, 11) is 0. The molecular weight excluding hydrogens is 274 g/mol. The number of rotatable bonds is 7. The Morgan fingerprint density at radius 1 is 1.29 bits per heavy atom. The fourth-order valence-corrected chi connectivity index (χ4v) is 2.50. The zero-order valence-corrected chi connectivity index (χ0v) is 12.1. The summed E-state index contributed by atoms with van der Waals surface area (Å²) in [6.07, 6.45) is 4.40. The molecule has 1 saturated carbocycles. The topological polar surface area (TPSA) is 111 Å². The fourth-order valence-electron chi connectivity index (χ4n) is 2.50. The van der Waals surface area contributed by atoms with Crippen molar-refractivity contribution in [2.45, 2.75) is 44.6 Å². The molecule has 0 aromatic carbocycles. The van der Waals surface area contributed by atoms with Gasteiger partial charge in [0, 0.05) is 6.54 Å². The van der Waals surface area contributed by atoms with Crippen molar-refractivity contribution in [1.82, 2.24) is 10.6 Å². The van der Waals surface area contributed by atoms with E-state index in [0.29, 0.717) is 12.3 Å². The third-order valence-corrected chi connectivity index (χ3v) is 3.54. The minimum atomic E-state index is -0.889. The minimum Gasteiger partial charge on any atom is -0.436 e. The van der Waals surface area contributed by atoms with E-state index in [1.807, 2.05) is 6.07 Å². The van der Waals surface area contributed by atoms with Gasteiger partial charge in [0.2, 0.25) is 0 Å². The van der Waals surface area contributed by atoms with E-state index in [2.05, 4.69) is 10.6 Å². The molecule has 0 heterocycles. The molecule has 0 aromatic rings. The number of nitrogens with zero attached hydrogens (tertiary/aromatic N) is 1. The van der Waals surface area contributed by atoms with E-state index in [1.54, 1.807) is 0 Å². The Balaban J connectivity index is 2.53. The number of hydrogen-bond donors (Lipinski definition) is 3. The third-order valence-electron chi connectivity index (χ3n) is 3.54. The SMILES string of the molecule is N#CCNC(=O)[C@H](CC1CCCCC1)OC(=O)NCCO. The van der Waals surface area contributed by atoms with E-state index in [9.17, 15) is 9.59 Å². The molecular formula is C14H23N3O4. The van der Waals surface area contributed by atoms with E-state index in [-0.39, 0.29) is 19.7 Å². The summed E-state index contributed by atoms with van der Waals surface area (Å²) in [5, 5.41) is 21.9. The van der Waals surface area contributed by atoms with Crippen LogP contribution in [-0.4, -0.2) is 42.9 Å². The first-order valence-corrected chi connectivity index (χ1v) is 7.37. The first-order valence-electron chi connectivity index (χ1n) is 7.37. The largest absolute Gasteiger partial charge is 0.436 e. The van der Waals surface area contributed by atoms with Crippen LogP contribution in [0.1, 0.15) is 38.5 Å². The lowest BCUT2D eigenvalue weighted by molar-refractivity contribution is -0.130. The van der Waals surface area contributed by atoms with E-state index < -0.39 is 18.1 Å². The summed E-state index contributed by atoms with van der Waals surface area (Å²) in [6, 6.07) is 1.82. The molecule has 1 atom stereocenters. The van der Waals surface area contributed by atoms with Gasteiger partial charge in [0.15, 0.2) is 6.10 Å². The summed E-state index contributed by atoms with van der Waals surface area (Å²) in [6.45, 7) is -0.223. The van der Waals surface area contributed by atoms with Gasteiger partial charge in [-0.25, -0.2) is 4.79 Å². The average molecular weight is 297 g/mol. The second-order valence-electron chi connectivity index (χ2n) is 5.16. The van der Waals surface area contributed by atoms with Crippen LogP contribution in [-0.2, 0) is 9.53 Å². The first-order chi connectivity index (χ1) is 10.2. The summed E-state index contributed by atoms with van der Waals surface area (Å²) in [5.74, 6) is -0.0801. The Labute approximate surface area is 124 Å². The minimum absolute atomic E-state index is 0.0782. The lowest BCUT2D eigenvalue weighted by atomic mass is 9.85. The molecule has 1 aliphatic rings. The quantitative estimate of drug-likeness (QED) is 0.598. The van der Waals surface area contributed by atoms with Gasteiger partial charge < -0.3 is 20.5 Å². The second-order valence-corrected chi connectivity index (χ2v) is 5.16. The number of ether oxygens (including phenoxy) is 1. The lowest BCUT2D eigenvalue weighted by Gasteiger charge is -2.25. The fraction of sp³-hybridized carbons (Fsp3) is 0.786. The van der Waals surface area contributed by atoms with Crippen molar-refractivity contribution in [2.24, 2.45) is 5.92 Å². The summed E-state index contributed by atoms with van der Waals surface area (Å²) in [4.78, 5) is 23.5. The van der Waals surface area contributed by atoms with Crippen molar-refractivity contribution in [3.8, 4) is 6.07 Å². The third kappa shape index (κ3) is 6.95. The maximum atomic E-state index is 12.0. The average Bonchev–Trinajstić information content (AvgIpc) is 2.51. The Morgan fingerprint density at radius 2 is 2.00 bits per heavy atom. The highest BCUT2D eigenvalue weighted by molar-refractivity contribution is 5.83. The van der Waals surface area contributed by atoms with Gasteiger partial charge in [-0.15, -0.1) is 0 Å². The predicted octanol–water partition coefficient (Wildman–Crippen LogP) is 0.684. The van der Waals surface area contributed by atoms with E-state index in [0.717, 1.165) is 25.7 Å². The summed E-state index contributed by atoms with van der Waals surface area (Å²) in [5.41, 5.74) is 0. The Hall–Kier alpha value is -1.81. The summed E-state index contributed by atoms with van der Waals surface area (Å²) >= 11 is 0. The number of aliphatic hydroxyl groups is 1. The van der Waals surface area contributed by atoms with Crippen LogP contribution < -0.4 is 10.6 Å². The summed E-state index contributed by atoms with van der Waals surface area (Å²) < 4.78 is 5.13. The monoisotopic (exact) mass is 297 g/mol. The second kappa shape index (κ2) is 10.00. The molecule has 7 heteroatoms. The zero-order chi connectivity index (χ0) is 15.5. The van der Waals surface area contributed by atoms with E-state index in [1.165, 1.54) is 6.42 Å². The number of carbonyl (C=O) groups is 2. The zero-order valence-electron chi connectivity index (χ0n) is 12.1. The van der Waals surface area contributed by atoms with Gasteiger partial charge in [0.25, 0.3) is 5.91 Å². The van der Waals surface area contributed by atoms with Crippen molar-refractivity contribution in [3.05, 3.63) is 0 Å². The highest BCUT2D eigenvalue weighted by Gasteiger charge is 2.27. The molecule has 7 nitrogen and oxygen atoms in total. The Morgan fingerprint density at radius 3 is 2.62 bits per heavy atom. The number of aliphatic hydroxyl groups excluding tert-OH is 1. The van der Waals surface area contributed by atoms with Crippen LogP contribution in [0.25, 0.3) is 0 Å². The first kappa shape index (κ1) is 17.2. The number of hydrogen-bond acceptors (Lipinski definition) is 5. The lowest BCUT2D eigenvalue weighted by Crippen LogP contribution is -2.42. The normalized spacial score (nSPS) is 16.6. The smallest absolute Gasteiger partial charge is 0.408 e. The molecule has 0 bridgehead atoms. The molecule has 1 rings (SSSR count). The van der Waals surface area contributed by atoms with Crippen molar-refractivity contribution < 1.29 is 19.4 Å². The molecule has 0 spiro atoms. The molecule has 0 aliphatic heterocycles. The predicted molar refractivity (Wildman–Crippen MR) is 75.2 cm³/mol. The molecule has 118 valence electrons. The van der Waals surface area contributed by atoms with Crippen LogP contribution in [0.3, 0.4) is 0 Å². The number of nitriles is 1. The van der Waals surface area contributed by atoms with Gasteiger partial charge in [-0.3, -0.25) is 4.79 Å². The number of nitrogens with one attached hydrogen (secondary N) is 2. The van der Waals surface area contributed by atoms with Gasteiger partial charge in [0.1, 0.15) is 6.54 Å². The van der Waals surface area contributed by atoms with Gasteiger partial charge >= 0.3 is 6.09 Å². The Bertz CT molecular complexity index is 375. The molecule has 0 unspecified atom stereocenters. The number of amides is 2. The molecule has 1 aliphatic carbocycles. The molecule has 21 heavy (non-hydrogen) atoms. The number of alkyl carbamates (subject to hydrolysis) is 1. The molecule has 0 aromatic heterocycles.